The maximum absolute atomic E-state index is 11.1. The molecule has 0 amide bonds. The zero-order chi connectivity index (χ0) is 13.6. The summed E-state index contributed by atoms with van der Waals surface area (Å²) >= 11 is 0. The van der Waals surface area contributed by atoms with Gasteiger partial charge in [-0.15, -0.1) is 0 Å². The van der Waals surface area contributed by atoms with Crippen LogP contribution in [0, 0.1) is 0 Å². The van der Waals surface area contributed by atoms with Crippen LogP contribution in [0.1, 0.15) is 16.8 Å². The van der Waals surface area contributed by atoms with Crippen LogP contribution in [0.25, 0.3) is 0 Å². The summed E-state index contributed by atoms with van der Waals surface area (Å²) in [6.07, 6.45) is -1.75. The first-order valence-corrected chi connectivity index (χ1v) is 5.83. The molecular weight excluding hydrogens is 254 g/mol. The van der Waals surface area contributed by atoms with Gasteiger partial charge in [0.25, 0.3) is 5.79 Å². The lowest BCUT2D eigenvalue weighted by molar-refractivity contribution is -0.263. The van der Waals surface area contributed by atoms with E-state index in [1.54, 1.807) is 6.07 Å². The molecule has 2 aliphatic rings. The van der Waals surface area contributed by atoms with Gasteiger partial charge >= 0.3 is 5.97 Å². The zero-order valence-corrected chi connectivity index (χ0v) is 9.87. The second-order valence-electron chi connectivity index (χ2n) is 4.65. The average Bonchev–Trinajstić information content (AvgIpc) is 2.34. The summed E-state index contributed by atoms with van der Waals surface area (Å²) < 4.78 is 10.7. The standard InChI is InChI=1S/C12H13NO6/c14-6-4-12(17)11(18-5-6)13-9-7(10(15)16)2-1-3-8(9)19-12/h1-3,6,11,13-14,17H,4-5H2,(H,15,16). The molecular formula is C12H13NO6. The van der Waals surface area contributed by atoms with E-state index < -0.39 is 24.1 Å². The molecule has 0 radical (unpaired) electrons. The summed E-state index contributed by atoms with van der Waals surface area (Å²) in [5, 5.41) is 31.8. The molecule has 7 heteroatoms. The van der Waals surface area contributed by atoms with E-state index >= 15 is 0 Å². The van der Waals surface area contributed by atoms with Gasteiger partial charge in [-0.05, 0) is 12.1 Å². The summed E-state index contributed by atoms with van der Waals surface area (Å²) in [6.45, 7) is 0.0495. The van der Waals surface area contributed by atoms with Crippen LogP contribution in [0.3, 0.4) is 0 Å². The first-order valence-electron chi connectivity index (χ1n) is 5.83. The Labute approximate surface area is 108 Å². The summed E-state index contributed by atoms with van der Waals surface area (Å²) in [7, 11) is 0. The Morgan fingerprint density at radius 2 is 2.26 bits per heavy atom. The number of benzene rings is 1. The maximum Gasteiger partial charge on any atom is 0.337 e. The number of para-hydroxylation sites is 1. The Morgan fingerprint density at radius 3 is 3.00 bits per heavy atom. The van der Waals surface area contributed by atoms with Gasteiger partial charge in [0.15, 0.2) is 6.23 Å². The van der Waals surface area contributed by atoms with E-state index in [4.69, 9.17) is 14.6 Å². The van der Waals surface area contributed by atoms with E-state index in [1.807, 2.05) is 0 Å². The normalized spacial score (nSPS) is 32.5. The van der Waals surface area contributed by atoms with E-state index in [0.29, 0.717) is 0 Å². The third-order valence-electron chi connectivity index (χ3n) is 3.21. The van der Waals surface area contributed by atoms with Crippen molar-refractivity contribution in [3.8, 4) is 5.75 Å². The topological polar surface area (TPSA) is 108 Å². The van der Waals surface area contributed by atoms with Gasteiger partial charge in [-0.1, -0.05) is 6.07 Å². The SMILES string of the molecule is O=C(O)c1cccc2c1NC1OCC(O)CC1(O)O2. The van der Waals surface area contributed by atoms with Gasteiger partial charge in [0.2, 0.25) is 0 Å². The number of rotatable bonds is 1. The first kappa shape index (κ1) is 12.2. The number of nitrogens with one attached hydrogen (secondary N) is 1. The zero-order valence-electron chi connectivity index (χ0n) is 9.87. The van der Waals surface area contributed by atoms with Crippen molar-refractivity contribution >= 4 is 11.7 Å². The quantitative estimate of drug-likeness (QED) is 0.566. The highest BCUT2D eigenvalue weighted by Gasteiger charge is 2.49. The number of carbonyl (C=O) groups is 1. The van der Waals surface area contributed by atoms with Gasteiger partial charge in [0.1, 0.15) is 5.75 Å². The summed E-state index contributed by atoms with van der Waals surface area (Å²) in [4.78, 5) is 11.1. The van der Waals surface area contributed by atoms with Crippen LogP contribution in [0.4, 0.5) is 5.69 Å². The number of hydrogen-bond donors (Lipinski definition) is 4. The highest BCUT2D eigenvalue weighted by molar-refractivity contribution is 5.96. The van der Waals surface area contributed by atoms with Crippen molar-refractivity contribution in [1.29, 1.82) is 0 Å². The molecule has 1 aromatic rings. The number of anilines is 1. The highest BCUT2D eigenvalue weighted by Crippen LogP contribution is 2.41. The average molecular weight is 267 g/mol. The van der Waals surface area contributed by atoms with E-state index in [2.05, 4.69) is 5.32 Å². The Morgan fingerprint density at radius 1 is 1.47 bits per heavy atom. The third kappa shape index (κ3) is 1.92. The molecule has 1 fully saturated rings. The van der Waals surface area contributed by atoms with E-state index in [-0.39, 0.29) is 30.0 Å². The van der Waals surface area contributed by atoms with E-state index in [1.165, 1.54) is 12.1 Å². The number of fused-ring (bicyclic) bond motifs is 2. The third-order valence-corrected chi connectivity index (χ3v) is 3.21. The second kappa shape index (κ2) is 4.09. The minimum atomic E-state index is -1.71. The van der Waals surface area contributed by atoms with Crippen LogP contribution in [0.15, 0.2) is 18.2 Å². The van der Waals surface area contributed by atoms with E-state index in [9.17, 15) is 15.0 Å². The fourth-order valence-electron chi connectivity index (χ4n) is 2.36. The first-order chi connectivity index (χ1) is 8.99. The highest BCUT2D eigenvalue weighted by atomic mass is 16.7. The molecule has 3 rings (SSSR count). The monoisotopic (exact) mass is 267 g/mol. The van der Waals surface area contributed by atoms with Gasteiger partial charge in [0.05, 0.1) is 24.0 Å². The Kier molecular flexibility index (Phi) is 2.63. The molecule has 3 atom stereocenters. The van der Waals surface area contributed by atoms with Crippen molar-refractivity contribution in [1.82, 2.24) is 0 Å². The van der Waals surface area contributed by atoms with Crippen LogP contribution < -0.4 is 10.1 Å². The lowest BCUT2D eigenvalue weighted by atomic mass is 10.0. The molecule has 19 heavy (non-hydrogen) atoms. The number of carboxylic acid groups (broad SMARTS) is 1. The summed E-state index contributed by atoms with van der Waals surface area (Å²) in [5.74, 6) is -2.59. The molecule has 1 saturated heterocycles. The molecule has 3 unspecified atom stereocenters. The Bertz CT molecular complexity index is 533. The minimum absolute atomic E-state index is 0.0125. The molecule has 4 N–H and O–H groups in total. The summed E-state index contributed by atoms with van der Waals surface area (Å²) in [5.41, 5.74) is 0.301. The van der Waals surface area contributed by atoms with Gasteiger partial charge in [0, 0.05) is 6.42 Å². The fraction of sp³-hybridized carbons (Fsp3) is 0.417. The predicted octanol–water partition coefficient (Wildman–Crippen LogP) is -0.0150. The molecule has 0 saturated carbocycles. The molecule has 0 spiro atoms. The van der Waals surface area contributed by atoms with Gasteiger partial charge in [-0.3, -0.25) is 0 Å². The molecule has 0 bridgehead atoms. The molecule has 2 aliphatic heterocycles. The maximum atomic E-state index is 11.1. The van der Waals surface area contributed by atoms with Crippen molar-refractivity contribution in [2.45, 2.75) is 24.5 Å². The minimum Gasteiger partial charge on any atom is -0.478 e. The van der Waals surface area contributed by atoms with Crippen molar-refractivity contribution in [2.24, 2.45) is 0 Å². The predicted molar refractivity (Wildman–Crippen MR) is 63.0 cm³/mol. The largest absolute Gasteiger partial charge is 0.478 e. The number of carboxylic acids is 1. The van der Waals surface area contributed by atoms with Crippen LogP contribution >= 0.6 is 0 Å². The molecule has 0 aliphatic carbocycles. The number of aromatic carboxylic acids is 1. The smallest absolute Gasteiger partial charge is 0.337 e. The fourth-order valence-corrected chi connectivity index (χ4v) is 2.36. The van der Waals surface area contributed by atoms with Crippen LogP contribution in [-0.2, 0) is 4.74 Å². The lowest BCUT2D eigenvalue weighted by Crippen LogP contribution is -2.61. The van der Waals surface area contributed by atoms with Gasteiger partial charge in [-0.2, -0.15) is 0 Å². The number of ether oxygens (including phenoxy) is 2. The number of aliphatic hydroxyl groups is 2. The molecule has 7 nitrogen and oxygen atoms in total. The Balaban J connectivity index is 2.02. The van der Waals surface area contributed by atoms with Crippen LogP contribution in [-0.4, -0.2) is 46.0 Å². The summed E-state index contributed by atoms with van der Waals surface area (Å²) in [6, 6.07) is 4.50. The number of aliphatic hydroxyl groups excluding tert-OH is 1. The lowest BCUT2D eigenvalue weighted by Gasteiger charge is -2.45. The number of hydrogen-bond acceptors (Lipinski definition) is 6. The van der Waals surface area contributed by atoms with Crippen molar-refractivity contribution < 1.29 is 29.6 Å². The van der Waals surface area contributed by atoms with Crippen LogP contribution in [0.2, 0.25) is 0 Å². The molecule has 1 aromatic carbocycles. The van der Waals surface area contributed by atoms with E-state index in [0.717, 1.165) is 0 Å². The van der Waals surface area contributed by atoms with Crippen molar-refractivity contribution in [2.75, 3.05) is 11.9 Å². The second-order valence-corrected chi connectivity index (χ2v) is 4.65. The van der Waals surface area contributed by atoms with Gasteiger partial charge in [-0.25, -0.2) is 4.79 Å². The van der Waals surface area contributed by atoms with Crippen molar-refractivity contribution in [3.05, 3.63) is 23.8 Å². The van der Waals surface area contributed by atoms with Crippen LogP contribution in [0.5, 0.6) is 5.75 Å². The molecule has 102 valence electrons. The molecule has 0 aromatic heterocycles. The molecule has 2 heterocycles. The Hall–Kier alpha value is -1.83. The van der Waals surface area contributed by atoms with Crippen molar-refractivity contribution in [3.63, 3.8) is 0 Å². The van der Waals surface area contributed by atoms with Gasteiger partial charge < -0.3 is 30.1 Å².